The Morgan fingerprint density at radius 3 is 2.12 bits per heavy atom. The van der Waals surface area contributed by atoms with Crippen molar-refractivity contribution in [3.8, 4) is 11.5 Å². The molecule has 4 aromatic carbocycles. The summed E-state index contributed by atoms with van der Waals surface area (Å²) in [4.78, 5) is 11.1. The van der Waals surface area contributed by atoms with Crippen molar-refractivity contribution in [2.24, 2.45) is 10.2 Å². The molecular formula is C24H17Cl2N3Na2O9S2. The average Bonchev–Trinajstić information content (AvgIpc) is 2.86. The van der Waals surface area contributed by atoms with Crippen LogP contribution in [-0.2, 0) is 20.2 Å². The predicted octanol–water partition coefficient (Wildman–Crippen LogP) is 5.26. The number of azo groups is 1. The molecule has 4 N–H and O–H groups in total. The molecule has 0 fully saturated rings. The molecule has 210 valence electrons. The number of phenols is 1. The summed E-state index contributed by atoms with van der Waals surface area (Å²) in [7, 11) is -8.81. The zero-order valence-electron chi connectivity index (χ0n) is 22.0. The Hall–Kier alpha value is -1.79. The molecular weight excluding hydrogens is 655 g/mol. The van der Waals surface area contributed by atoms with Gasteiger partial charge in [0, 0.05) is 69.5 Å². The van der Waals surface area contributed by atoms with Crippen molar-refractivity contribution in [1.29, 1.82) is 0 Å². The molecule has 0 aliphatic carbocycles. The van der Waals surface area contributed by atoms with E-state index in [0.29, 0.717) is 6.07 Å². The summed E-state index contributed by atoms with van der Waals surface area (Å²) in [5.74, 6) is -1.56. The zero-order chi connectivity index (χ0) is 29.4. The minimum Gasteiger partial charge on any atom is -0.505 e. The Morgan fingerprint density at radius 2 is 1.52 bits per heavy atom. The molecule has 4 aromatic rings. The van der Waals surface area contributed by atoms with Crippen LogP contribution < -0.4 is 10.1 Å². The van der Waals surface area contributed by atoms with E-state index in [2.05, 4.69) is 15.5 Å². The fourth-order valence-electron chi connectivity index (χ4n) is 3.74. The van der Waals surface area contributed by atoms with Crippen LogP contribution in [0.5, 0.6) is 11.5 Å². The number of hydrogen-bond acceptors (Lipinski definition) is 9. The molecule has 0 bridgehead atoms. The minimum atomic E-state index is -5.16. The number of carbonyl (C=O) groups is 1. The van der Waals surface area contributed by atoms with Gasteiger partial charge in [0.2, 0.25) is 0 Å². The molecule has 4 rings (SSSR count). The summed E-state index contributed by atoms with van der Waals surface area (Å²) < 4.78 is 73.6. The molecule has 42 heavy (non-hydrogen) atoms. The van der Waals surface area contributed by atoms with Gasteiger partial charge < -0.3 is 15.2 Å². The Balaban J connectivity index is 0.00000308. The van der Waals surface area contributed by atoms with Crippen molar-refractivity contribution in [1.82, 2.24) is 0 Å². The second-order valence-corrected chi connectivity index (χ2v) is 11.6. The number of aromatic hydroxyl groups is 1. The van der Waals surface area contributed by atoms with Gasteiger partial charge >= 0.3 is 0 Å². The molecule has 0 heterocycles. The number of benzene rings is 4. The van der Waals surface area contributed by atoms with Crippen LogP contribution in [-0.4, -0.2) is 103 Å². The number of nitrogens with one attached hydrogen (secondary N) is 1. The second-order valence-electron chi connectivity index (χ2n) is 8.01. The van der Waals surface area contributed by atoms with Crippen LogP contribution in [0.3, 0.4) is 0 Å². The van der Waals surface area contributed by atoms with Gasteiger partial charge in [-0.1, -0.05) is 35.3 Å². The topological polar surface area (TPSA) is 192 Å². The Labute approximate surface area is 294 Å². The minimum absolute atomic E-state index is 0. The first-order valence-electron chi connectivity index (χ1n) is 10.8. The Bertz CT molecular complexity index is 1940. The molecule has 0 aromatic heterocycles. The van der Waals surface area contributed by atoms with Crippen LogP contribution in [0.1, 0.15) is 10.4 Å². The van der Waals surface area contributed by atoms with E-state index in [4.69, 9.17) is 27.9 Å². The van der Waals surface area contributed by atoms with Gasteiger partial charge in [0.15, 0.2) is 5.75 Å². The van der Waals surface area contributed by atoms with Crippen LogP contribution in [0.25, 0.3) is 10.8 Å². The van der Waals surface area contributed by atoms with Gasteiger partial charge in [0.25, 0.3) is 26.1 Å². The number of amides is 1. The number of para-hydroxylation sites is 1. The number of nitrogens with zero attached hydrogens (tertiary/aromatic N) is 2. The first-order chi connectivity index (χ1) is 18.7. The third-order valence-corrected chi connectivity index (χ3v) is 7.82. The average molecular weight is 672 g/mol. The maximum absolute atomic E-state index is 13.0. The van der Waals surface area contributed by atoms with Gasteiger partial charge in [-0.05, 0) is 48.5 Å². The van der Waals surface area contributed by atoms with Crippen molar-refractivity contribution in [3.05, 3.63) is 76.3 Å². The summed E-state index contributed by atoms with van der Waals surface area (Å²) in [6, 6.07) is 12.8. The fourth-order valence-corrected chi connectivity index (χ4v) is 5.56. The van der Waals surface area contributed by atoms with E-state index in [9.17, 15) is 35.8 Å². The van der Waals surface area contributed by atoms with Crippen molar-refractivity contribution >= 4 is 136 Å². The number of halogens is 2. The van der Waals surface area contributed by atoms with Crippen molar-refractivity contribution in [3.63, 3.8) is 0 Å². The number of methoxy groups -OCH3 is 1. The van der Waals surface area contributed by atoms with E-state index >= 15 is 0 Å². The summed E-state index contributed by atoms with van der Waals surface area (Å²) in [5, 5.41) is 20.6. The SMILES string of the molecule is COc1ccccc1N=Nc1c(S(=O)(=O)O)cc2c(S(=O)(=O)O)ccc(NC(=O)c3ccc(Cl)cc3Cl)c2c1O.[Na].[Na]. The number of anilines is 1. The standard InChI is InChI=1S/C24H17Cl2N3O9S2.2Na/c1-38-18-5-3-2-4-16(18)28-29-22-20(40(35,36)37)11-14-19(39(32,33)34)9-8-17(21(14)23(22)30)27-24(31)13-7-6-12(25)10-15(13)26;;/h2-11,30H,1H3,(H,27,31)(H,32,33,34)(H,35,36,37);;. The van der Waals surface area contributed by atoms with Gasteiger partial charge in [-0.2, -0.15) is 16.8 Å². The predicted molar refractivity (Wildman–Crippen MR) is 158 cm³/mol. The Morgan fingerprint density at radius 1 is 0.881 bits per heavy atom. The molecule has 0 aliphatic heterocycles. The van der Waals surface area contributed by atoms with Crippen LogP contribution in [0.2, 0.25) is 10.0 Å². The van der Waals surface area contributed by atoms with Crippen molar-refractivity contribution in [2.45, 2.75) is 9.79 Å². The van der Waals surface area contributed by atoms with E-state index in [0.717, 1.165) is 12.1 Å². The summed E-state index contributed by atoms with van der Waals surface area (Å²) in [6.07, 6.45) is 0. The number of carbonyl (C=O) groups excluding carboxylic acids is 1. The summed E-state index contributed by atoms with van der Waals surface area (Å²) >= 11 is 12.0. The molecule has 1 amide bonds. The molecule has 0 spiro atoms. The maximum Gasteiger partial charge on any atom is 0.296 e. The fraction of sp³-hybridized carbons (Fsp3) is 0.0417. The number of hydrogen-bond donors (Lipinski definition) is 4. The third-order valence-electron chi connectivity index (χ3n) is 5.50. The van der Waals surface area contributed by atoms with Gasteiger partial charge in [-0.25, -0.2) is 0 Å². The molecule has 0 aliphatic rings. The second kappa shape index (κ2) is 14.3. The third kappa shape index (κ3) is 7.83. The number of ether oxygens (including phenoxy) is 1. The van der Waals surface area contributed by atoms with Crippen LogP contribution >= 0.6 is 23.2 Å². The normalized spacial score (nSPS) is 11.5. The van der Waals surface area contributed by atoms with E-state index in [1.807, 2.05) is 0 Å². The zero-order valence-corrected chi connectivity index (χ0v) is 29.2. The smallest absolute Gasteiger partial charge is 0.296 e. The Kier molecular flexibility index (Phi) is 12.4. The van der Waals surface area contributed by atoms with Crippen LogP contribution in [0, 0.1) is 0 Å². The quantitative estimate of drug-likeness (QED) is 0.115. The molecule has 2 radical (unpaired) electrons. The molecule has 0 saturated carbocycles. The molecule has 18 heteroatoms. The first kappa shape index (κ1) is 36.4. The number of rotatable bonds is 7. The van der Waals surface area contributed by atoms with Gasteiger partial charge in [-0.3, -0.25) is 13.9 Å². The summed E-state index contributed by atoms with van der Waals surface area (Å²) in [6.45, 7) is 0. The number of fused-ring (bicyclic) bond motifs is 1. The van der Waals surface area contributed by atoms with Crippen LogP contribution in [0.15, 0.2) is 80.7 Å². The van der Waals surface area contributed by atoms with Gasteiger partial charge in [-0.15, -0.1) is 10.2 Å². The van der Waals surface area contributed by atoms with Gasteiger partial charge in [0.1, 0.15) is 26.9 Å². The monoisotopic (exact) mass is 671 g/mol. The van der Waals surface area contributed by atoms with E-state index < -0.39 is 58.1 Å². The maximum atomic E-state index is 13.0. The molecule has 0 unspecified atom stereocenters. The van der Waals surface area contributed by atoms with Crippen LogP contribution in [0.4, 0.5) is 17.1 Å². The van der Waals surface area contributed by atoms with E-state index in [1.54, 1.807) is 12.1 Å². The van der Waals surface area contributed by atoms with Gasteiger partial charge in [0.05, 0.1) is 28.8 Å². The number of phenolic OH excluding ortho intramolecular Hbond substituents is 1. The molecule has 12 nitrogen and oxygen atoms in total. The molecule has 0 saturated heterocycles. The van der Waals surface area contributed by atoms with E-state index in [-0.39, 0.29) is 91.8 Å². The largest absolute Gasteiger partial charge is 0.505 e. The summed E-state index contributed by atoms with van der Waals surface area (Å²) in [5.41, 5.74) is -0.952. The van der Waals surface area contributed by atoms with E-state index in [1.165, 1.54) is 37.4 Å². The molecule has 0 atom stereocenters. The first-order valence-corrected chi connectivity index (χ1v) is 14.4. The van der Waals surface area contributed by atoms with Crippen molar-refractivity contribution in [2.75, 3.05) is 12.4 Å². The van der Waals surface area contributed by atoms with Crippen molar-refractivity contribution < 1.29 is 40.6 Å².